The number of carbonyl (C=O) groups is 4. The number of aliphatic hydroxyl groups is 1. The van der Waals surface area contributed by atoms with Crippen LogP contribution in [0.3, 0.4) is 0 Å². The molecule has 5 atom stereocenters. The van der Waals surface area contributed by atoms with Gasteiger partial charge >= 0.3 is 39.5 Å². The first-order valence-electron chi connectivity index (χ1n) is 41.5. The molecule has 17 nitrogen and oxygen atoms in total. The van der Waals surface area contributed by atoms with Crippen LogP contribution < -0.4 is 0 Å². The molecule has 0 aliphatic rings. The predicted octanol–water partition coefficient (Wildman–Crippen LogP) is 23.9. The van der Waals surface area contributed by atoms with Crippen molar-refractivity contribution in [1.29, 1.82) is 0 Å². The zero-order chi connectivity index (χ0) is 72.8. The van der Waals surface area contributed by atoms with E-state index in [-0.39, 0.29) is 25.7 Å². The molecule has 2 unspecified atom stereocenters. The van der Waals surface area contributed by atoms with E-state index in [1.807, 2.05) is 0 Å². The first-order valence-corrected chi connectivity index (χ1v) is 44.5. The van der Waals surface area contributed by atoms with E-state index < -0.39 is 97.5 Å². The molecular formula is C80H156O17P2. The monoisotopic (exact) mass is 1450 g/mol. The summed E-state index contributed by atoms with van der Waals surface area (Å²) >= 11 is 0. The molecular weight excluding hydrogens is 1290 g/mol. The van der Waals surface area contributed by atoms with Gasteiger partial charge in [0.15, 0.2) is 12.2 Å². The number of ether oxygens (including phenoxy) is 4. The van der Waals surface area contributed by atoms with Crippen molar-refractivity contribution in [2.24, 2.45) is 11.8 Å². The lowest BCUT2D eigenvalue weighted by Crippen LogP contribution is -2.30. The number of rotatable bonds is 79. The second-order valence-electron chi connectivity index (χ2n) is 29.8. The quantitative estimate of drug-likeness (QED) is 0.0222. The Hall–Kier alpha value is -1.94. The van der Waals surface area contributed by atoms with E-state index in [0.717, 1.165) is 102 Å². The SMILES string of the molecule is CCCCCCCCCCCCCCCCC(=O)OC[C@H](COP(=O)(O)OC[C@@H](O)COP(=O)(O)OC[C@@H](COC(=O)CCCCCCCCCCCCC(C)C)OC(=O)CCCCCCCCCCCCCCCC)OC(=O)CCCCCCCCCCCCCCCCCC(C)C. The molecule has 0 aromatic carbocycles. The summed E-state index contributed by atoms with van der Waals surface area (Å²) in [6.45, 7) is 9.66. The number of aliphatic hydroxyl groups excluding tert-OH is 1. The minimum atomic E-state index is -4.96. The van der Waals surface area contributed by atoms with Crippen molar-refractivity contribution in [3.05, 3.63) is 0 Å². The smallest absolute Gasteiger partial charge is 0.462 e. The highest BCUT2D eigenvalue weighted by molar-refractivity contribution is 7.47. The highest BCUT2D eigenvalue weighted by atomic mass is 31.2. The molecule has 0 aliphatic carbocycles. The van der Waals surface area contributed by atoms with Crippen molar-refractivity contribution in [2.75, 3.05) is 39.6 Å². The van der Waals surface area contributed by atoms with Crippen LogP contribution in [0, 0.1) is 11.8 Å². The van der Waals surface area contributed by atoms with Crippen molar-refractivity contribution in [3.63, 3.8) is 0 Å². The van der Waals surface area contributed by atoms with Crippen LogP contribution in [0.4, 0.5) is 0 Å². The van der Waals surface area contributed by atoms with Crippen LogP contribution in [-0.4, -0.2) is 96.7 Å². The van der Waals surface area contributed by atoms with Crippen molar-refractivity contribution < 1.29 is 80.2 Å². The van der Waals surface area contributed by atoms with Gasteiger partial charge < -0.3 is 33.8 Å². The molecule has 0 saturated carbocycles. The van der Waals surface area contributed by atoms with E-state index in [4.69, 9.17) is 37.0 Å². The number of carbonyl (C=O) groups excluding carboxylic acids is 4. The number of esters is 4. The fourth-order valence-electron chi connectivity index (χ4n) is 12.4. The van der Waals surface area contributed by atoms with E-state index in [1.165, 1.54) is 238 Å². The van der Waals surface area contributed by atoms with Crippen LogP contribution in [-0.2, 0) is 65.4 Å². The molecule has 0 rings (SSSR count). The van der Waals surface area contributed by atoms with Gasteiger partial charge in [-0.05, 0) is 37.5 Å². The maximum Gasteiger partial charge on any atom is 0.472 e. The summed E-state index contributed by atoms with van der Waals surface area (Å²) in [4.78, 5) is 73.0. The zero-order valence-electron chi connectivity index (χ0n) is 64.8. The van der Waals surface area contributed by atoms with Crippen molar-refractivity contribution in [1.82, 2.24) is 0 Å². The van der Waals surface area contributed by atoms with E-state index in [1.54, 1.807) is 0 Å². The molecule has 588 valence electrons. The van der Waals surface area contributed by atoms with Gasteiger partial charge in [0, 0.05) is 25.7 Å². The molecule has 19 heteroatoms. The largest absolute Gasteiger partial charge is 0.472 e. The Morgan fingerprint density at radius 3 is 0.687 bits per heavy atom. The van der Waals surface area contributed by atoms with E-state index in [2.05, 4.69) is 41.5 Å². The summed E-state index contributed by atoms with van der Waals surface area (Å²) in [6.07, 6.45) is 60.9. The Labute approximate surface area is 607 Å². The van der Waals surface area contributed by atoms with Crippen molar-refractivity contribution in [3.8, 4) is 0 Å². The standard InChI is InChI=1S/C80H156O17P2/c1-7-9-11-13-15-17-19-21-27-31-38-44-50-56-62-77(82)90-68-75(96-80(85)65-59-53-47-41-33-29-25-23-24-26-30-36-42-48-54-60-72(3)4)70-94-98(86,87)92-66-74(81)67-93-99(88,89)95-71-76(69-91-78(83)63-57-51-45-39-35-34-37-43-49-55-61-73(5)6)97-79(84)64-58-52-46-40-32-28-22-20-18-16-14-12-10-8-2/h72-76,81H,7-71H2,1-6H3,(H,86,87)(H,88,89)/t74-,75-,76-/m1/s1. The molecule has 99 heavy (non-hydrogen) atoms. The van der Waals surface area contributed by atoms with Crippen molar-refractivity contribution >= 4 is 39.5 Å². The lowest BCUT2D eigenvalue weighted by molar-refractivity contribution is -0.161. The Morgan fingerprint density at radius 2 is 0.465 bits per heavy atom. The maximum absolute atomic E-state index is 13.1. The average Bonchev–Trinajstić information content (AvgIpc) is 0.968. The summed E-state index contributed by atoms with van der Waals surface area (Å²) in [5, 5.41) is 10.6. The van der Waals surface area contributed by atoms with Gasteiger partial charge in [-0.1, -0.05) is 369 Å². The topological polar surface area (TPSA) is 237 Å². The molecule has 0 aromatic heterocycles. The lowest BCUT2D eigenvalue weighted by atomic mass is 10.0. The van der Waals surface area contributed by atoms with Crippen LogP contribution in [0.25, 0.3) is 0 Å². The second kappa shape index (κ2) is 71.7. The van der Waals surface area contributed by atoms with Crippen LogP contribution in [0.2, 0.25) is 0 Å². The molecule has 0 radical (unpaired) electrons. The maximum atomic E-state index is 13.1. The van der Waals surface area contributed by atoms with E-state index in [0.29, 0.717) is 25.7 Å². The predicted molar refractivity (Wildman–Crippen MR) is 405 cm³/mol. The Morgan fingerprint density at radius 1 is 0.273 bits per heavy atom. The van der Waals surface area contributed by atoms with Gasteiger partial charge in [-0.3, -0.25) is 37.3 Å². The van der Waals surface area contributed by atoms with Crippen LogP contribution in [0.1, 0.15) is 420 Å². The number of unbranched alkanes of at least 4 members (excludes halogenated alkanes) is 49. The summed E-state index contributed by atoms with van der Waals surface area (Å²) in [7, 11) is -9.92. The third-order valence-electron chi connectivity index (χ3n) is 18.7. The van der Waals surface area contributed by atoms with Gasteiger partial charge in [0.2, 0.25) is 0 Å². The van der Waals surface area contributed by atoms with Gasteiger partial charge in [-0.15, -0.1) is 0 Å². The van der Waals surface area contributed by atoms with Crippen molar-refractivity contribution in [2.45, 2.75) is 439 Å². The summed E-state index contributed by atoms with van der Waals surface area (Å²) < 4.78 is 68.7. The third-order valence-corrected chi connectivity index (χ3v) is 20.6. The molecule has 3 N–H and O–H groups in total. The molecule has 0 saturated heterocycles. The molecule has 0 spiro atoms. The van der Waals surface area contributed by atoms with Gasteiger partial charge in [0.25, 0.3) is 0 Å². The van der Waals surface area contributed by atoms with Gasteiger partial charge in [-0.25, -0.2) is 9.13 Å². The molecule has 0 bridgehead atoms. The minimum Gasteiger partial charge on any atom is -0.462 e. The van der Waals surface area contributed by atoms with Crippen LogP contribution >= 0.6 is 15.6 Å². The van der Waals surface area contributed by atoms with Gasteiger partial charge in [-0.2, -0.15) is 0 Å². The fraction of sp³-hybridized carbons (Fsp3) is 0.950. The highest BCUT2D eigenvalue weighted by Gasteiger charge is 2.30. The normalized spacial score (nSPS) is 13.9. The lowest BCUT2D eigenvalue weighted by Gasteiger charge is -2.21. The van der Waals surface area contributed by atoms with Crippen LogP contribution in [0.5, 0.6) is 0 Å². The Kier molecular flexibility index (Phi) is 70.3. The number of hydrogen-bond donors (Lipinski definition) is 3. The first kappa shape index (κ1) is 97.1. The number of hydrogen-bond acceptors (Lipinski definition) is 15. The summed E-state index contributed by atoms with van der Waals surface area (Å²) in [5.41, 5.74) is 0. The third kappa shape index (κ3) is 74.1. The van der Waals surface area contributed by atoms with E-state index in [9.17, 15) is 43.2 Å². The van der Waals surface area contributed by atoms with Gasteiger partial charge in [0.1, 0.15) is 19.3 Å². The van der Waals surface area contributed by atoms with E-state index >= 15 is 0 Å². The molecule has 0 aromatic rings. The molecule has 0 fully saturated rings. The molecule has 0 heterocycles. The number of phosphoric acid groups is 2. The van der Waals surface area contributed by atoms with Gasteiger partial charge in [0.05, 0.1) is 26.4 Å². The van der Waals surface area contributed by atoms with Crippen LogP contribution in [0.15, 0.2) is 0 Å². The summed E-state index contributed by atoms with van der Waals surface area (Å²) in [6, 6.07) is 0. The second-order valence-corrected chi connectivity index (χ2v) is 32.7. The minimum absolute atomic E-state index is 0.108. The fourth-order valence-corrected chi connectivity index (χ4v) is 13.9. The molecule has 0 aliphatic heterocycles. The first-order chi connectivity index (χ1) is 47.9. The summed E-state index contributed by atoms with van der Waals surface area (Å²) in [5.74, 6) is -0.545. The highest BCUT2D eigenvalue weighted by Crippen LogP contribution is 2.45. The molecule has 0 amide bonds. The zero-order valence-corrected chi connectivity index (χ0v) is 66.6. The number of phosphoric ester groups is 2. The average molecular weight is 1450 g/mol. The Bertz CT molecular complexity index is 1910. The Balaban J connectivity index is 5.26.